The van der Waals surface area contributed by atoms with Gasteiger partial charge < -0.3 is 15.4 Å². The third-order valence-electron chi connectivity index (χ3n) is 3.95. The first kappa shape index (κ1) is 19.3. The molecule has 0 spiro atoms. The SMILES string of the molecule is CC(C)c1ccccc1Oc1ncccc1NC(=O)Nc1ccc(F)cc1F. The summed E-state index contributed by atoms with van der Waals surface area (Å²) in [4.78, 5) is 16.4. The highest BCUT2D eigenvalue weighted by Crippen LogP contribution is 2.32. The van der Waals surface area contributed by atoms with Crippen LogP contribution in [0.4, 0.5) is 25.0 Å². The summed E-state index contributed by atoms with van der Waals surface area (Å²) >= 11 is 0. The lowest BCUT2D eigenvalue weighted by molar-refractivity contribution is 0.262. The van der Waals surface area contributed by atoms with E-state index in [1.807, 2.05) is 38.1 Å². The van der Waals surface area contributed by atoms with Crippen LogP contribution >= 0.6 is 0 Å². The van der Waals surface area contributed by atoms with Crippen LogP contribution in [-0.2, 0) is 0 Å². The summed E-state index contributed by atoms with van der Waals surface area (Å²) in [6, 6.07) is 13.0. The molecule has 0 saturated heterocycles. The zero-order valence-corrected chi connectivity index (χ0v) is 15.4. The van der Waals surface area contributed by atoms with E-state index in [0.29, 0.717) is 17.5 Å². The molecule has 0 aliphatic heterocycles. The summed E-state index contributed by atoms with van der Waals surface area (Å²) in [6.45, 7) is 4.09. The smallest absolute Gasteiger partial charge is 0.323 e. The van der Waals surface area contributed by atoms with Crippen molar-refractivity contribution >= 4 is 17.4 Å². The largest absolute Gasteiger partial charge is 0.437 e. The van der Waals surface area contributed by atoms with Crippen molar-refractivity contribution in [3.05, 3.63) is 78.0 Å². The number of carbonyl (C=O) groups is 1. The standard InChI is InChI=1S/C21H19F2N3O2/c1-13(2)15-6-3-4-8-19(15)28-20-18(7-5-11-24-20)26-21(27)25-17-10-9-14(22)12-16(17)23/h3-13H,1-2H3,(H2,25,26,27). The fourth-order valence-corrected chi connectivity index (χ4v) is 2.59. The number of nitrogens with zero attached hydrogens (tertiary/aromatic N) is 1. The summed E-state index contributed by atoms with van der Waals surface area (Å²) in [5, 5.41) is 4.90. The van der Waals surface area contributed by atoms with Gasteiger partial charge in [-0.15, -0.1) is 0 Å². The average Bonchev–Trinajstić information content (AvgIpc) is 2.66. The molecule has 0 bridgehead atoms. The number of hydrogen-bond donors (Lipinski definition) is 2. The van der Waals surface area contributed by atoms with Crippen LogP contribution < -0.4 is 15.4 Å². The van der Waals surface area contributed by atoms with Crippen molar-refractivity contribution in [3.8, 4) is 11.6 Å². The maximum Gasteiger partial charge on any atom is 0.323 e. The quantitative estimate of drug-likeness (QED) is 0.575. The molecule has 0 saturated carbocycles. The van der Waals surface area contributed by atoms with Gasteiger partial charge in [0, 0.05) is 12.3 Å². The van der Waals surface area contributed by atoms with Gasteiger partial charge in [-0.1, -0.05) is 32.0 Å². The molecule has 1 heterocycles. The monoisotopic (exact) mass is 383 g/mol. The summed E-state index contributed by atoms with van der Waals surface area (Å²) < 4.78 is 32.6. The van der Waals surface area contributed by atoms with Crippen LogP contribution in [0.2, 0.25) is 0 Å². The number of anilines is 2. The van der Waals surface area contributed by atoms with Crippen LogP contribution in [0.5, 0.6) is 11.6 Å². The third-order valence-corrected chi connectivity index (χ3v) is 3.95. The number of ether oxygens (including phenoxy) is 1. The summed E-state index contributed by atoms with van der Waals surface area (Å²) in [5.41, 5.74) is 1.16. The number of rotatable bonds is 5. The van der Waals surface area contributed by atoms with Gasteiger partial charge in [0.2, 0.25) is 5.88 Å². The van der Waals surface area contributed by atoms with Gasteiger partial charge in [0.1, 0.15) is 23.1 Å². The van der Waals surface area contributed by atoms with Crippen LogP contribution in [0.3, 0.4) is 0 Å². The lowest BCUT2D eigenvalue weighted by Crippen LogP contribution is -2.20. The van der Waals surface area contributed by atoms with Gasteiger partial charge in [-0.25, -0.2) is 18.6 Å². The molecule has 0 atom stereocenters. The van der Waals surface area contributed by atoms with E-state index in [9.17, 15) is 13.6 Å². The molecule has 3 aromatic rings. The first-order valence-corrected chi connectivity index (χ1v) is 8.69. The van der Waals surface area contributed by atoms with Crippen LogP contribution in [0.15, 0.2) is 60.8 Å². The second kappa shape index (κ2) is 8.47. The van der Waals surface area contributed by atoms with Gasteiger partial charge in [-0.05, 0) is 41.8 Å². The van der Waals surface area contributed by atoms with E-state index in [1.165, 1.54) is 6.20 Å². The Labute approximate surface area is 161 Å². The molecule has 3 rings (SSSR count). The van der Waals surface area contributed by atoms with E-state index in [2.05, 4.69) is 15.6 Å². The fraction of sp³-hybridized carbons (Fsp3) is 0.143. The van der Waals surface area contributed by atoms with Crippen molar-refractivity contribution in [1.82, 2.24) is 4.98 Å². The van der Waals surface area contributed by atoms with E-state index >= 15 is 0 Å². The van der Waals surface area contributed by atoms with E-state index in [-0.39, 0.29) is 17.5 Å². The van der Waals surface area contributed by atoms with Crippen LogP contribution in [0.1, 0.15) is 25.3 Å². The van der Waals surface area contributed by atoms with Gasteiger partial charge in [-0.3, -0.25) is 0 Å². The van der Waals surface area contributed by atoms with E-state index in [0.717, 1.165) is 17.7 Å². The lowest BCUT2D eigenvalue weighted by Gasteiger charge is -2.15. The maximum atomic E-state index is 13.7. The van der Waals surface area contributed by atoms with Gasteiger partial charge in [0.15, 0.2) is 0 Å². The molecular formula is C21H19F2N3O2. The van der Waals surface area contributed by atoms with Gasteiger partial charge >= 0.3 is 6.03 Å². The first-order valence-electron chi connectivity index (χ1n) is 8.69. The minimum atomic E-state index is -0.872. The molecule has 2 amide bonds. The highest BCUT2D eigenvalue weighted by molar-refractivity contribution is 6.00. The number of urea groups is 1. The molecule has 7 heteroatoms. The molecule has 0 unspecified atom stereocenters. The normalized spacial score (nSPS) is 10.6. The Morgan fingerprint density at radius 3 is 2.50 bits per heavy atom. The second-order valence-electron chi connectivity index (χ2n) is 6.35. The number of para-hydroxylation sites is 1. The summed E-state index contributed by atoms with van der Waals surface area (Å²) in [5.74, 6) is -0.533. The summed E-state index contributed by atoms with van der Waals surface area (Å²) in [6.07, 6.45) is 1.54. The van der Waals surface area contributed by atoms with Crippen LogP contribution in [-0.4, -0.2) is 11.0 Å². The fourth-order valence-electron chi connectivity index (χ4n) is 2.59. The Balaban J connectivity index is 1.78. The van der Waals surface area contributed by atoms with E-state index in [4.69, 9.17) is 4.74 Å². The number of pyridine rings is 1. The topological polar surface area (TPSA) is 63.2 Å². The number of amides is 2. The second-order valence-corrected chi connectivity index (χ2v) is 6.35. The molecular weight excluding hydrogens is 364 g/mol. The Morgan fingerprint density at radius 1 is 1.00 bits per heavy atom. The molecule has 0 radical (unpaired) electrons. The predicted octanol–water partition coefficient (Wildman–Crippen LogP) is 5.92. The molecule has 0 aliphatic rings. The Hall–Kier alpha value is -3.48. The van der Waals surface area contributed by atoms with Crippen LogP contribution in [0.25, 0.3) is 0 Å². The number of benzene rings is 2. The Bertz CT molecular complexity index is 993. The number of hydrogen-bond acceptors (Lipinski definition) is 3. The average molecular weight is 383 g/mol. The van der Waals surface area contributed by atoms with Gasteiger partial charge in [0.25, 0.3) is 0 Å². The first-order chi connectivity index (χ1) is 13.4. The van der Waals surface area contributed by atoms with Crippen molar-refractivity contribution in [3.63, 3.8) is 0 Å². The van der Waals surface area contributed by atoms with E-state index in [1.54, 1.807) is 12.1 Å². The molecule has 2 aromatic carbocycles. The predicted molar refractivity (Wildman–Crippen MR) is 104 cm³/mol. The molecule has 144 valence electrons. The highest BCUT2D eigenvalue weighted by Gasteiger charge is 2.14. The number of nitrogens with one attached hydrogen (secondary N) is 2. The highest BCUT2D eigenvalue weighted by atomic mass is 19.1. The van der Waals surface area contributed by atoms with Crippen LogP contribution in [0, 0.1) is 11.6 Å². The van der Waals surface area contributed by atoms with Crippen molar-refractivity contribution in [1.29, 1.82) is 0 Å². The Morgan fingerprint density at radius 2 is 1.75 bits per heavy atom. The molecule has 28 heavy (non-hydrogen) atoms. The molecule has 2 N–H and O–H groups in total. The Kier molecular flexibility index (Phi) is 5.84. The number of halogens is 2. The third kappa shape index (κ3) is 4.62. The molecule has 0 fully saturated rings. The van der Waals surface area contributed by atoms with Crippen molar-refractivity contribution in [2.45, 2.75) is 19.8 Å². The van der Waals surface area contributed by atoms with Gasteiger partial charge in [-0.2, -0.15) is 0 Å². The van der Waals surface area contributed by atoms with Crippen molar-refractivity contribution < 1.29 is 18.3 Å². The zero-order valence-electron chi connectivity index (χ0n) is 15.4. The lowest BCUT2D eigenvalue weighted by atomic mass is 10.0. The van der Waals surface area contributed by atoms with Crippen molar-refractivity contribution in [2.75, 3.05) is 10.6 Å². The van der Waals surface area contributed by atoms with E-state index < -0.39 is 17.7 Å². The van der Waals surface area contributed by atoms with Crippen molar-refractivity contribution in [2.24, 2.45) is 0 Å². The maximum absolute atomic E-state index is 13.7. The minimum absolute atomic E-state index is 0.143. The summed E-state index contributed by atoms with van der Waals surface area (Å²) in [7, 11) is 0. The van der Waals surface area contributed by atoms with Gasteiger partial charge in [0.05, 0.1) is 5.69 Å². The number of aromatic nitrogens is 1. The minimum Gasteiger partial charge on any atom is -0.437 e. The molecule has 0 aliphatic carbocycles. The zero-order chi connectivity index (χ0) is 20.1. The molecule has 1 aromatic heterocycles. The number of carbonyl (C=O) groups excluding carboxylic acids is 1. The molecule has 5 nitrogen and oxygen atoms in total.